The second-order valence-electron chi connectivity index (χ2n) is 6.77. The molecule has 3 aromatic rings. The molecule has 0 fully saturated rings. The maximum Gasteiger partial charge on any atom is 0.242 e. The molecule has 0 aliphatic heterocycles. The fourth-order valence-corrected chi connectivity index (χ4v) is 4.56. The van der Waals surface area contributed by atoms with Crippen molar-refractivity contribution >= 4 is 33.4 Å². The number of nitrogens with zero attached hydrogens (tertiary/aromatic N) is 4. The molecule has 1 N–H and O–H groups in total. The van der Waals surface area contributed by atoms with E-state index in [1.54, 1.807) is 19.1 Å². The lowest BCUT2D eigenvalue weighted by Crippen LogP contribution is -2.24. The fraction of sp³-hybridized carbons (Fsp3) is 0.250. The van der Waals surface area contributed by atoms with Crippen molar-refractivity contribution in [2.24, 2.45) is 0 Å². The van der Waals surface area contributed by atoms with Crippen LogP contribution in [0.1, 0.15) is 12.7 Å². The molecular formula is C20H23N5O3S2. The Morgan fingerprint density at radius 3 is 2.47 bits per heavy atom. The van der Waals surface area contributed by atoms with Gasteiger partial charge >= 0.3 is 0 Å². The van der Waals surface area contributed by atoms with Gasteiger partial charge in [0.1, 0.15) is 5.82 Å². The molecule has 0 spiro atoms. The lowest BCUT2D eigenvalue weighted by atomic mass is 10.3. The monoisotopic (exact) mass is 445 g/mol. The molecule has 158 valence electrons. The van der Waals surface area contributed by atoms with Crippen LogP contribution in [-0.4, -0.2) is 52.7 Å². The van der Waals surface area contributed by atoms with Crippen LogP contribution in [0.3, 0.4) is 0 Å². The maximum absolute atomic E-state index is 12.7. The van der Waals surface area contributed by atoms with Gasteiger partial charge in [-0.05, 0) is 44.2 Å². The summed E-state index contributed by atoms with van der Waals surface area (Å²) in [5, 5.41) is 11.2. The number of anilines is 1. The SMILES string of the molecule is Cc1nnc(SC(C)C(=O)Nc2cccc(S(=O)(=O)N(C)C)c2)n1-c1ccccc1. The number of rotatable bonds is 7. The Bertz CT molecular complexity index is 1140. The van der Waals surface area contributed by atoms with Gasteiger partial charge in [0.25, 0.3) is 0 Å². The molecule has 1 aromatic heterocycles. The molecule has 1 heterocycles. The van der Waals surface area contributed by atoms with Crippen LogP contribution in [0.4, 0.5) is 5.69 Å². The van der Waals surface area contributed by atoms with Crippen LogP contribution < -0.4 is 5.32 Å². The average molecular weight is 446 g/mol. The number of carbonyl (C=O) groups is 1. The molecule has 0 bridgehead atoms. The second kappa shape index (κ2) is 8.99. The van der Waals surface area contributed by atoms with E-state index in [9.17, 15) is 13.2 Å². The molecule has 1 atom stereocenters. The van der Waals surface area contributed by atoms with Crippen LogP contribution in [0.5, 0.6) is 0 Å². The number of nitrogens with one attached hydrogen (secondary N) is 1. The third kappa shape index (κ3) is 4.72. The van der Waals surface area contributed by atoms with Crippen LogP contribution in [0.2, 0.25) is 0 Å². The van der Waals surface area contributed by atoms with Crippen molar-refractivity contribution in [2.45, 2.75) is 29.1 Å². The number of aromatic nitrogens is 3. The normalized spacial score (nSPS) is 12.7. The summed E-state index contributed by atoms with van der Waals surface area (Å²) in [6.45, 7) is 3.62. The highest BCUT2D eigenvalue weighted by Crippen LogP contribution is 2.26. The Kier molecular flexibility index (Phi) is 6.59. The predicted molar refractivity (Wildman–Crippen MR) is 117 cm³/mol. The number of sulfonamides is 1. The minimum atomic E-state index is -3.58. The molecular weight excluding hydrogens is 422 g/mol. The van der Waals surface area contributed by atoms with Crippen molar-refractivity contribution in [2.75, 3.05) is 19.4 Å². The first-order valence-corrected chi connectivity index (χ1v) is 11.5. The number of benzene rings is 2. The summed E-state index contributed by atoms with van der Waals surface area (Å²) >= 11 is 1.28. The zero-order valence-corrected chi connectivity index (χ0v) is 18.7. The highest BCUT2D eigenvalue weighted by Gasteiger charge is 2.21. The number of aryl methyl sites for hydroxylation is 1. The summed E-state index contributed by atoms with van der Waals surface area (Å²) in [6, 6.07) is 15.9. The molecule has 10 heteroatoms. The van der Waals surface area contributed by atoms with Crippen LogP contribution in [0, 0.1) is 6.92 Å². The van der Waals surface area contributed by atoms with Gasteiger partial charge in [-0.2, -0.15) is 0 Å². The van der Waals surface area contributed by atoms with Crippen LogP contribution in [0.25, 0.3) is 5.69 Å². The van der Waals surface area contributed by atoms with Crippen molar-refractivity contribution in [3.05, 3.63) is 60.4 Å². The molecule has 0 aliphatic carbocycles. The van der Waals surface area contributed by atoms with Gasteiger partial charge < -0.3 is 5.32 Å². The Morgan fingerprint density at radius 1 is 1.10 bits per heavy atom. The van der Waals surface area contributed by atoms with Crippen molar-refractivity contribution < 1.29 is 13.2 Å². The van der Waals surface area contributed by atoms with Gasteiger partial charge in [0.2, 0.25) is 15.9 Å². The minimum Gasteiger partial charge on any atom is -0.325 e. The number of carbonyl (C=O) groups excluding carboxylic acids is 1. The lowest BCUT2D eigenvalue weighted by Gasteiger charge is -2.15. The van der Waals surface area contributed by atoms with E-state index in [2.05, 4.69) is 15.5 Å². The first kappa shape index (κ1) is 22.0. The number of thioether (sulfide) groups is 1. The van der Waals surface area contributed by atoms with Gasteiger partial charge in [-0.3, -0.25) is 9.36 Å². The Hall–Kier alpha value is -2.69. The summed E-state index contributed by atoms with van der Waals surface area (Å²) in [7, 11) is -0.657. The maximum atomic E-state index is 12.7. The topological polar surface area (TPSA) is 97.2 Å². The summed E-state index contributed by atoms with van der Waals surface area (Å²) in [6.07, 6.45) is 0. The molecule has 0 radical (unpaired) electrons. The molecule has 2 aromatic carbocycles. The van der Waals surface area contributed by atoms with Gasteiger partial charge in [0, 0.05) is 25.5 Å². The van der Waals surface area contributed by atoms with Gasteiger partial charge in [-0.25, -0.2) is 12.7 Å². The fourth-order valence-electron chi connectivity index (χ4n) is 2.69. The third-order valence-corrected chi connectivity index (χ3v) is 7.19. The highest BCUT2D eigenvalue weighted by atomic mass is 32.2. The minimum absolute atomic E-state index is 0.116. The Balaban J connectivity index is 1.76. The van der Waals surface area contributed by atoms with E-state index >= 15 is 0 Å². The van der Waals surface area contributed by atoms with Crippen LogP contribution in [-0.2, 0) is 14.8 Å². The number of hydrogen-bond donors (Lipinski definition) is 1. The molecule has 0 saturated heterocycles. The molecule has 8 nitrogen and oxygen atoms in total. The first-order valence-electron chi connectivity index (χ1n) is 9.17. The van der Waals surface area contributed by atoms with Crippen molar-refractivity contribution in [3.63, 3.8) is 0 Å². The smallest absolute Gasteiger partial charge is 0.242 e. The summed E-state index contributed by atoms with van der Waals surface area (Å²) in [4.78, 5) is 12.8. The van der Waals surface area contributed by atoms with E-state index in [0.29, 0.717) is 10.8 Å². The van der Waals surface area contributed by atoms with Crippen LogP contribution in [0.15, 0.2) is 64.6 Å². The molecule has 3 rings (SSSR count). The Morgan fingerprint density at radius 2 is 1.80 bits per heavy atom. The first-order chi connectivity index (χ1) is 14.2. The molecule has 1 unspecified atom stereocenters. The lowest BCUT2D eigenvalue weighted by molar-refractivity contribution is -0.115. The van der Waals surface area contributed by atoms with E-state index in [0.717, 1.165) is 15.8 Å². The molecule has 1 amide bonds. The molecule has 0 aliphatic rings. The van der Waals surface area contributed by atoms with E-state index in [1.807, 2.05) is 41.8 Å². The van der Waals surface area contributed by atoms with Crippen molar-refractivity contribution in [3.8, 4) is 5.69 Å². The zero-order valence-electron chi connectivity index (χ0n) is 17.1. The van der Waals surface area contributed by atoms with E-state index < -0.39 is 15.3 Å². The largest absolute Gasteiger partial charge is 0.325 e. The quantitative estimate of drug-likeness (QED) is 0.562. The summed E-state index contributed by atoms with van der Waals surface area (Å²) in [5.74, 6) is 0.456. The van der Waals surface area contributed by atoms with Gasteiger partial charge in [-0.15, -0.1) is 10.2 Å². The average Bonchev–Trinajstić information content (AvgIpc) is 3.08. The Labute approximate surface area is 180 Å². The predicted octanol–water partition coefficient (Wildman–Crippen LogP) is 2.95. The van der Waals surface area contributed by atoms with Gasteiger partial charge in [-0.1, -0.05) is 36.0 Å². The summed E-state index contributed by atoms with van der Waals surface area (Å²) in [5.41, 5.74) is 1.33. The van der Waals surface area contributed by atoms with E-state index in [1.165, 1.54) is 38.0 Å². The van der Waals surface area contributed by atoms with Crippen LogP contribution >= 0.6 is 11.8 Å². The van der Waals surface area contributed by atoms with Gasteiger partial charge in [0.05, 0.1) is 10.1 Å². The van der Waals surface area contributed by atoms with E-state index in [-0.39, 0.29) is 10.8 Å². The number of amides is 1. The van der Waals surface area contributed by atoms with E-state index in [4.69, 9.17) is 0 Å². The second-order valence-corrected chi connectivity index (χ2v) is 10.2. The number of hydrogen-bond acceptors (Lipinski definition) is 6. The standard InChI is InChI=1S/C20H23N5O3S2/c1-14(29-20-23-22-15(2)25(20)17-10-6-5-7-11-17)19(26)21-16-9-8-12-18(13-16)30(27,28)24(3)4/h5-14H,1-4H3,(H,21,26). The molecule has 30 heavy (non-hydrogen) atoms. The van der Waals surface area contributed by atoms with Crippen molar-refractivity contribution in [1.29, 1.82) is 0 Å². The highest BCUT2D eigenvalue weighted by molar-refractivity contribution is 8.00. The summed E-state index contributed by atoms with van der Waals surface area (Å²) < 4.78 is 27.6. The third-order valence-electron chi connectivity index (χ3n) is 4.34. The zero-order chi connectivity index (χ0) is 21.9. The van der Waals surface area contributed by atoms with Crippen molar-refractivity contribution in [1.82, 2.24) is 19.1 Å². The number of para-hydroxylation sites is 1. The van der Waals surface area contributed by atoms with Gasteiger partial charge in [0.15, 0.2) is 5.16 Å². The molecule has 0 saturated carbocycles.